The van der Waals surface area contributed by atoms with E-state index < -0.39 is 5.97 Å². The normalized spacial score (nSPS) is 23.2. The number of aliphatic carboxylic acids is 1. The molecule has 5 nitrogen and oxygen atoms in total. The van der Waals surface area contributed by atoms with Crippen LogP contribution in [-0.4, -0.2) is 52.6 Å². The molecule has 2 amide bonds. The topological polar surface area (TPSA) is 60.9 Å². The van der Waals surface area contributed by atoms with Gasteiger partial charge >= 0.3 is 12.0 Å². The molecule has 19 heavy (non-hydrogen) atoms. The van der Waals surface area contributed by atoms with Gasteiger partial charge in [0, 0.05) is 32.1 Å². The largest absolute Gasteiger partial charge is 0.481 e. The fourth-order valence-electron chi connectivity index (χ4n) is 2.90. The van der Waals surface area contributed by atoms with Crippen molar-refractivity contribution >= 4 is 12.0 Å². The van der Waals surface area contributed by atoms with Crippen molar-refractivity contribution in [1.29, 1.82) is 0 Å². The van der Waals surface area contributed by atoms with Gasteiger partial charge in [-0.15, -0.1) is 0 Å². The lowest BCUT2D eigenvalue weighted by atomic mass is 9.95. The summed E-state index contributed by atoms with van der Waals surface area (Å²) in [6, 6.07) is 0.562. The van der Waals surface area contributed by atoms with Crippen LogP contribution in [0.4, 0.5) is 4.79 Å². The summed E-state index contributed by atoms with van der Waals surface area (Å²) in [5.41, 5.74) is 0. The maximum atomic E-state index is 12.5. The van der Waals surface area contributed by atoms with E-state index in [1.807, 2.05) is 9.80 Å². The lowest BCUT2D eigenvalue weighted by molar-refractivity contribution is -0.138. The number of hydrogen-bond donors (Lipinski definition) is 1. The van der Waals surface area contributed by atoms with E-state index in [1.165, 1.54) is 0 Å². The molecule has 1 atom stereocenters. The van der Waals surface area contributed by atoms with Gasteiger partial charge in [0.25, 0.3) is 0 Å². The third-order valence-electron chi connectivity index (χ3n) is 3.95. The molecule has 0 aromatic heterocycles. The molecule has 2 aliphatic rings. The highest BCUT2D eigenvalue weighted by molar-refractivity contribution is 5.75. The lowest BCUT2D eigenvalue weighted by Crippen LogP contribution is -2.48. The summed E-state index contributed by atoms with van der Waals surface area (Å²) in [5, 5.41) is 8.87. The van der Waals surface area contributed by atoms with Gasteiger partial charge in [0.05, 0.1) is 0 Å². The number of carboxylic acids is 1. The molecular weight excluding hydrogens is 244 g/mol. The minimum Gasteiger partial charge on any atom is -0.481 e. The standard InChI is InChI=1S/C14H24N2O3/c1-2-7-16(12-5-6-12)14(19)15-8-3-4-11(10-15)9-13(17)18/h11-12H,2-10H2,1H3,(H,17,18). The summed E-state index contributed by atoms with van der Waals surface area (Å²) >= 11 is 0. The second kappa shape index (κ2) is 6.26. The van der Waals surface area contributed by atoms with E-state index in [2.05, 4.69) is 6.92 Å². The molecule has 1 saturated heterocycles. The predicted molar refractivity (Wildman–Crippen MR) is 72.0 cm³/mol. The van der Waals surface area contributed by atoms with E-state index >= 15 is 0 Å². The van der Waals surface area contributed by atoms with E-state index in [-0.39, 0.29) is 18.4 Å². The van der Waals surface area contributed by atoms with Crippen molar-refractivity contribution in [3.05, 3.63) is 0 Å². The van der Waals surface area contributed by atoms with Gasteiger partial charge in [-0.3, -0.25) is 4.79 Å². The summed E-state index contributed by atoms with van der Waals surface area (Å²) < 4.78 is 0. The van der Waals surface area contributed by atoms with Crippen LogP contribution in [0.25, 0.3) is 0 Å². The summed E-state index contributed by atoms with van der Waals surface area (Å²) in [4.78, 5) is 27.1. The van der Waals surface area contributed by atoms with Crippen molar-refractivity contribution in [1.82, 2.24) is 9.80 Å². The van der Waals surface area contributed by atoms with Gasteiger partial charge in [0.1, 0.15) is 0 Å². The SMILES string of the molecule is CCCN(C(=O)N1CCCC(CC(=O)O)C1)C1CC1. The smallest absolute Gasteiger partial charge is 0.320 e. The minimum absolute atomic E-state index is 0.123. The Kier molecular flexibility index (Phi) is 4.66. The first-order valence-corrected chi connectivity index (χ1v) is 7.39. The zero-order valence-corrected chi connectivity index (χ0v) is 11.7. The van der Waals surface area contributed by atoms with E-state index in [4.69, 9.17) is 5.11 Å². The van der Waals surface area contributed by atoms with Crippen LogP contribution in [-0.2, 0) is 4.79 Å². The summed E-state index contributed by atoms with van der Waals surface area (Å²) in [6.45, 7) is 4.30. The van der Waals surface area contributed by atoms with Gasteiger partial charge in [0.15, 0.2) is 0 Å². The number of likely N-dealkylation sites (tertiary alicyclic amines) is 1. The first kappa shape index (κ1) is 14.2. The average Bonchev–Trinajstić information content (AvgIpc) is 3.19. The van der Waals surface area contributed by atoms with E-state index in [0.717, 1.165) is 45.2 Å². The molecule has 0 radical (unpaired) electrons. The number of carbonyl (C=O) groups excluding carboxylic acids is 1. The molecule has 1 heterocycles. The Morgan fingerprint density at radius 2 is 2.05 bits per heavy atom. The number of piperidine rings is 1. The second-order valence-electron chi connectivity index (χ2n) is 5.76. The van der Waals surface area contributed by atoms with Crippen LogP contribution in [0.1, 0.15) is 45.4 Å². The third-order valence-corrected chi connectivity index (χ3v) is 3.95. The highest BCUT2D eigenvalue weighted by Crippen LogP contribution is 2.29. The third kappa shape index (κ3) is 3.85. The number of rotatable bonds is 5. The Balaban J connectivity index is 1.91. The molecule has 2 rings (SSSR count). The number of amides is 2. The van der Waals surface area contributed by atoms with Gasteiger partial charge in [-0.1, -0.05) is 6.92 Å². The van der Waals surface area contributed by atoms with E-state index in [1.54, 1.807) is 0 Å². The molecule has 1 unspecified atom stereocenters. The Bertz CT molecular complexity index is 342. The second-order valence-corrected chi connectivity index (χ2v) is 5.76. The van der Waals surface area contributed by atoms with Gasteiger partial charge in [-0.2, -0.15) is 0 Å². The molecule has 2 fully saturated rings. The molecule has 1 saturated carbocycles. The first-order chi connectivity index (χ1) is 9.11. The Morgan fingerprint density at radius 1 is 1.32 bits per heavy atom. The number of carbonyl (C=O) groups is 2. The van der Waals surface area contributed by atoms with Crippen molar-refractivity contribution in [2.24, 2.45) is 5.92 Å². The van der Waals surface area contributed by atoms with Gasteiger partial charge in [0.2, 0.25) is 0 Å². The van der Waals surface area contributed by atoms with Crippen LogP contribution in [0.15, 0.2) is 0 Å². The van der Waals surface area contributed by atoms with Crippen molar-refractivity contribution in [3.63, 3.8) is 0 Å². The number of carboxylic acid groups (broad SMARTS) is 1. The van der Waals surface area contributed by atoms with Gasteiger partial charge in [-0.05, 0) is 38.0 Å². The molecule has 1 aliphatic carbocycles. The van der Waals surface area contributed by atoms with Crippen LogP contribution < -0.4 is 0 Å². The fourth-order valence-corrected chi connectivity index (χ4v) is 2.90. The molecule has 1 aliphatic heterocycles. The highest BCUT2D eigenvalue weighted by atomic mass is 16.4. The van der Waals surface area contributed by atoms with Crippen LogP contribution in [0.5, 0.6) is 0 Å². The molecule has 0 spiro atoms. The quantitative estimate of drug-likeness (QED) is 0.831. The number of urea groups is 1. The molecule has 0 aromatic rings. The zero-order chi connectivity index (χ0) is 13.8. The lowest BCUT2D eigenvalue weighted by Gasteiger charge is -2.36. The fraction of sp³-hybridized carbons (Fsp3) is 0.857. The Labute approximate surface area is 114 Å². The first-order valence-electron chi connectivity index (χ1n) is 7.39. The summed E-state index contributed by atoms with van der Waals surface area (Å²) in [7, 11) is 0. The monoisotopic (exact) mass is 268 g/mol. The van der Waals surface area contributed by atoms with Crippen molar-refractivity contribution in [2.45, 2.75) is 51.5 Å². The minimum atomic E-state index is -0.757. The molecule has 0 aromatic carbocycles. The number of nitrogens with zero attached hydrogens (tertiary/aromatic N) is 2. The van der Waals surface area contributed by atoms with Crippen molar-refractivity contribution in [2.75, 3.05) is 19.6 Å². The maximum Gasteiger partial charge on any atom is 0.320 e. The number of hydrogen-bond acceptors (Lipinski definition) is 2. The molecule has 5 heteroatoms. The van der Waals surface area contributed by atoms with Gasteiger partial charge in [-0.25, -0.2) is 4.79 Å². The van der Waals surface area contributed by atoms with Crippen LogP contribution >= 0.6 is 0 Å². The molecule has 1 N–H and O–H groups in total. The van der Waals surface area contributed by atoms with Crippen LogP contribution in [0, 0.1) is 5.92 Å². The summed E-state index contributed by atoms with van der Waals surface area (Å²) in [5.74, 6) is -0.634. The Morgan fingerprint density at radius 3 is 2.63 bits per heavy atom. The predicted octanol–water partition coefficient (Wildman–Crippen LogP) is 2.17. The Hall–Kier alpha value is -1.26. The highest BCUT2D eigenvalue weighted by Gasteiger charge is 2.35. The van der Waals surface area contributed by atoms with Crippen molar-refractivity contribution < 1.29 is 14.7 Å². The molecular formula is C14H24N2O3. The maximum absolute atomic E-state index is 12.5. The molecule has 0 bridgehead atoms. The summed E-state index contributed by atoms with van der Waals surface area (Å²) in [6.07, 6.45) is 5.26. The molecule has 108 valence electrons. The van der Waals surface area contributed by atoms with E-state index in [9.17, 15) is 9.59 Å². The van der Waals surface area contributed by atoms with Crippen LogP contribution in [0.3, 0.4) is 0 Å². The average molecular weight is 268 g/mol. The van der Waals surface area contributed by atoms with Gasteiger partial charge < -0.3 is 14.9 Å². The van der Waals surface area contributed by atoms with E-state index in [0.29, 0.717) is 12.6 Å². The zero-order valence-electron chi connectivity index (χ0n) is 11.7. The van der Waals surface area contributed by atoms with Crippen LogP contribution in [0.2, 0.25) is 0 Å². The van der Waals surface area contributed by atoms with Crippen molar-refractivity contribution in [3.8, 4) is 0 Å².